The third-order valence-corrected chi connectivity index (χ3v) is 5.38. The zero-order chi connectivity index (χ0) is 23.0. The molecule has 0 bridgehead atoms. The topological polar surface area (TPSA) is 125 Å². The summed E-state index contributed by atoms with van der Waals surface area (Å²) in [5.41, 5.74) is -0.0900. The first-order valence-corrected chi connectivity index (χ1v) is 10.7. The Hall–Kier alpha value is -3.24. The van der Waals surface area contributed by atoms with Crippen LogP contribution in [0.2, 0.25) is 0 Å². The van der Waals surface area contributed by atoms with E-state index in [-0.39, 0.29) is 22.8 Å². The van der Waals surface area contributed by atoms with Gasteiger partial charge in [0.1, 0.15) is 16.4 Å². The van der Waals surface area contributed by atoms with Crippen LogP contribution in [0.1, 0.15) is 20.3 Å². The number of carbonyl (C=O) groups excluding carboxylic acids is 3. The van der Waals surface area contributed by atoms with Crippen molar-refractivity contribution in [3.8, 4) is 5.75 Å². The molecule has 1 amide bonds. The molecule has 0 aliphatic heterocycles. The fourth-order valence-electron chi connectivity index (χ4n) is 2.43. The molecule has 0 fully saturated rings. The first kappa shape index (κ1) is 24.0. The van der Waals surface area contributed by atoms with Crippen LogP contribution >= 0.6 is 0 Å². The highest BCUT2D eigenvalue weighted by molar-refractivity contribution is 7.87. The van der Waals surface area contributed by atoms with Gasteiger partial charge >= 0.3 is 16.1 Å². The van der Waals surface area contributed by atoms with E-state index in [1.165, 1.54) is 57.4 Å². The Morgan fingerprint density at radius 2 is 1.61 bits per heavy atom. The van der Waals surface area contributed by atoms with Crippen molar-refractivity contribution in [3.05, 3.63) is 54.6 Å². The molecule has 0 heterocycles. The van der Waals surface area contributed by atoms with Gasteiger partial charge in [0.2, 0.25) is 0 Å². The molecule has 2 aromatic rings. The van der Waals surface area contributed by atoms with Crippen molar-refractivity contribution < 1.29 is 36.5 Å². The van der Waals surface area contributed by atoms with E-state index in [1.807, 2.05) is 0 Å². The molecular weight excluding hydrogens is 426 g/mol. The smallest absolute Gasteiger partial charge is 0.341 e. The van der Waals surface area contributed by atoms with Gasteiger partial charge in [-0.15, -0.1) is 0 Å². The van der Waals surface area contributed by atoms with Crippen molar-refractivity contribution in [2.75, 3.05) is 12.4 Å². The Morgan fingerprint density at radius 3 is 2.23 bits per heavy atom. The highest BCUT2D eigenvalue weighted by atomic mass is 32.2. The van der Waals surface area contributed by atoms with Gasteiger partial charge in [-0.1, -0.05) is 30.3 Å². The number of anilines is 1. The summed E-state index contributed by atoms with van der Waals surface area (Å²) in [5.74, 6) is -2.00. The fraction of sp³-hybridized carbons (Fsp3) is 0.286. The first-order valence-electron chi connectivity index (χ1n) is 9.26. The summed E-state index contributed by atoms with van der Waals surface area (Å²) in [6.07, 6.45) is -2.80. The summed E-state index contributed by atoms with van der Waals surface area (Å²) >= 11 is 0. The Bertz CT molecular complexity index is 1040. The number of hydrogen-bond acceptors (Lipinski definition) is 8. The lowest BCUT2D eigenvalue weighted by molar-refractivity contribution is -0.164. The lowest BCUT2D eigenvalue weighted by atomic mass is 10.1. The predicted octanol–water partition coefficient (Wildman–Crippen LogP) is 2.32. The Balaban J connectivity index is 2.27. The van der Waals surface area contributed by atoms with Crippen molar-refractivity contribution in [1.29, 1.82) is 0 Å². The van der Waals surface area contributed by atoms with Crippen LogP contribution in [0.5, 0.6) is 5.75 Å². The minimum absolute atomic E-state index is 0.0900. The Morgan fingerprint density at radius 1 is 1.00 bits per heavy atom. The second-order valence-electron chi connectivity index (χ2n) is 6.55. The van der Waals surface area contributed by atoms with E-state index in [9.17, 15) is 22.8 Å². The van der Waals surface area contributed by atoms with Gasteiger partial charge in [-0.3, -0.25) is 9.59 Å². The largest absolute Gasteiger partial charge is 0.450 e. The quantitative estimate of drug-likeness (QED) is 0.433. The van der Waals surface area contributed by atoms with E-state index in [1.54, 1.807) is 18.2 Å². The average molecular weight is 449 g/mol. The maximum Gasteiger partial charge on any atom is 0.341 e. The van der Waals surface area contributed by atoms with Crippen LogP contribution in [-0.4, -0.2) is 45.4 Å². The summed E-state index contributed by atoms with van der Waals surface area (Å²) in [7, 11) is -3.00. The summed E-state index contributed by atoms with van der Waals surface area (Å²) in [6.45, 7) is 2.66. The third kappa shape index (κ3) is 6.90. The number of Topliss-reactive ketones (excluding diaryl/α,β-unsaturated/α-hetero) is 1. The van der Waals surface area contributed by atoms with Gasteiger partial charge in [-0.2, -0.15) is 8.42 Å². The van der Waals surface area contributed by atoms with Crippen molar-refractivity contribution in [1.82, 2.24) is 0 Å². The average Bonchev–Trinajstić information content (AvgIpc) is 2.72. The zero-order valence-electron chi connectivity index (χ0n) is 17.2. The first-order chi connectivity index (χ1) is 14.6. The standard InChI is InChI=1S/C21H23NO8S/c1-14(23)13-18(29-21(25)15(2)28-3)20(24)22-17-11-7-8-12-19(17)31(26,27)30-16-9-5-4-6-10-16/h4-12,15,18H,13H2,1-3H3,(H,22,24). The molecule has 166 valence electrons. The number of esters is 1. The van der Waals surface area contributed by atoms with Gasteiger partial charge < -0.3 is 19.0 Å². The van der Waals surface area contributed by atoms with Crippen LogP contribution in [0, 0.1) is 0 Å². The molecule has 0 spiro atoms. The van der Waals surface area contributed by atoms with Gasteiger partial charge in [-0.25, -0.2) is 4.79 Å². The summed E-state index contributed by atoms with van der Waals surface area (Å²) < 4.78 is 40.5. The second-order valence-corrected chi connectivity index (χ2v) is 8.06. The molecule has 2 unspecified atom stereocenters. The van der Waals surface area contributed by atoms with Crippen molar-refractivity contribution in [2.24, 2.45) is 0 Å². The maximum absolute atomic E-state index is 12.7. The molecule has 31 heavy (non-hydrogen) atoms. The number of ether oxygens (including phenoxy) is 2. The van der Waals surface area contributed by atoms with Crippen LogP contribution in [0.15, 0.2) is 59.5 Å². The number of methoxy groups -OCH3 is 1. The molecule has 0 aliphatic carbocycles. The third-order valence-electron chi connectivity index (χ3n) is 4.07. The molecular formula is C21H23NO8S. The lowest BCUT2D eigenvalue weighted by Gasteiger charge is -2.19. The SMILES string of the molecule is COC(C)C(=O)OC(CC(C)=O)C(=O)Nc1ccccc1S(=O)(=O)Oc1ccccc1. The lowest BCUT2D eigenvalue weighted by Crippen LogP contribution is -2.37. The number of rotatable bonds is 10. The monoisotopic (exact) mass is 449 g/mol. The molecule has 0 saturated carbocycles. The predicted molar refractivity (Wildman–Crippen MR) is 111 cm³/mol. The number of nitrogens with one attached hydrogen (secondary N) is 1. The van der Waals surface area contributed by atoms with E-state index < -0.39 is 40.0 Å². The van der Waals surface area contributed by atoms with Gasteiger partial charge in [0.05, 0.1) is 12.1 Å². The van der Waals surface area contributed by atoms with Gasteiger partial charge in [0.15, 0.2) is 12.2 Å². The molecule has 0 aliphatic rings. The van der Waals surface area contributed by atoms with Gasteiger partial charge in [0, 0.05) is 7.11 Å². The summed E-state index contributed by atoms with van der Waals surface area (Å²) in [4.78, 5) is 36.0. The molecule has 9 nitrogen and oxygen atoms in total. The van der Waals surface area contributed by atoms with Crippen LogP contribution < -0.4 is 9.50 Å². The Labute approximate surface area is 180 Å². The van der Waals surface area contributed by atoms with Gasteiger partial charge in [-0.05, 0) is 38.1 Å². The van der Waals surface area contributed by atoms with E-state index in [0.29, 0.717) is 0 Å². The summed E-state index contributed by atoms with van der Waals surface area (Å²) in [5, 5.41) is 2.40. The molecule has 10 heteroatoms. The van der Waals surface area contributed by atoms with Gasteiger partial charge in [0.25, 0.3) is 5.91 Å². The normalized spacial score (nSPS) is 13.0. The number of hydrogen-bond donors (Lipinski definition) is 1. The van der Waals surface area contributed by atoms with E-state index >= 15 is 0 Å². The maximum atomic E-state index is 12.7. The molecule has 2 rings (SSSR count). The van der Waals surface area contributed by atoms with E-state index in [4.69, 9.17) is 13.7 Å². The number of carbonyl (C=O) groups is 3. The molecule has 2 atom stereocenters. The van der Waals surface area contributed by atoms with Crippen molar-refractivity contribution in [3.63, 3.8) is 0 Å². The Kier molecular flexibility index (Phi) is 8.29. The fourth-order valence-corrected chi connectivity index (χ4v) is 3.52. The molecule has 1 N–H and O–H groups in total. The molecule has 0 saturated heterocycles. The second kappa shape index (κ2) is 10.7. The molecule has 0 radical (unpaired) electrons. The summed E-state index contributed by atoms with van der Waals surface area (Å²) in [6, 6.07) is 13.4. The highest BCUT2D eigenvalue weighted by Gasteiger charge is 2.29. The van der Waals surface area contributed by atoms with E-state index in [0.717, 1.165) is 0 Å². The number of ketones is 1. The van der Waals surface area contributed by atoms with E-state index in [2.05, 4.69) is 5.32 Å². The number of para-hydroxylation sites is 2. The number of amides is 1. The zero-order valence-corrected chi connectivity index (χ0v) is 18.0. The van der Waals surface area contributed by atoms with Crippen molar-refractivity contribution in [2.45, 2.75) is 37.4 Å². The highest BCUT2D eigenvalue weighted by Crippen LogP contribution is 2.25. The number of benzene rings is 2. The van der Waals surface area contributed by atoms with Crippen LogP contribution in [0.4, 0.5) is 5.69 Å². The minimum Gasteiger partial charge on any atom is -0.450 e. The van der Waals surface area contributed by atoms with Crippen LogP contribution in [0.25, 0.3) is 0 Å². The molecule has 0 aromatic heterocycles. The van der Waals surface area contributed by atoms with Crippen LogP contribution in [0.3, 0.4) is 0 Å². The molecule has 2 aromatic carbocycles. The minimum atomic E-state index is -4.29. The van der Waals surface area contributed by atoms with Crippen molar-refractivity contribution >= 4 is 33.5 Å². The van der Waals surface area contributed by atoms with Crippen LogP contribution in [-0.2, 0) is 34.0 Å².